The number of hydrogen-bond donors (Lipinski definition) is 0. The zero-order valence-electron chi connectivity index (χ0n) is 9.56. The van der Waals surface area contributed by atoms with E-state index in [2.05, 4.69) is 0 Å². The summed E-state index contributed by atoms with van der Waals surface area (Å²) in [6.45, 7) is 1.49. The van der Waals surface area contributed by atoms with Gasteiger partial charge in [0.1, 0.15) is 0 Å². The third kappa shape index (κ3) is 2.25. The molecule has 1 atom stereocenters. The Balaban J connectivity index is 2.09. The van der Waals surface area contributed by atoms with Crippen molar-refractivity contribution in [2.24, 2.45) is 0 Å². The van der Waals surface area contributed by atoms with E-state index < -0.39 is 0 Å². The first-order chi connectivity index (χ1) is 7.83. The summed E-state index contributed by atoms with van der Waals surface area (Å²) in [6, 6.07) is 9.70. The largest absolute Gasteiger partial charge is 0.383 e. The molecule has 1 saturated heterocycles. The lowest BCUT2D eigenvalue weighted by Gasteiger charge is -2.24. The number of likely N-dealkylation sites (tertiary alicyclic amines) is 1. The van der Waals surface area contributed by atoms with E-state index >= 15 is 0 Å². The van der Waals surface area contributed by atoms with Crippen LogP contribution in [0.2, 0.25) is 0 Å². The van der Waals surface area contributed by atoms with E-state index in [9.17, 15) is 4.79 Å². The summed E-state index contributed by atoms with van der Waals surface area (Å²) >= 11 is 0. The molecule has 0 radical (unpaired) electrons. The molecule has 1 unspecified atom stereocenters. The number of carbonyl (C=O) groups is 1. The summed E-state index contributed by atoms with van der Waals surface area (Å²) in [5, 5.41) is 0. The first kappa shape index (κ1) is 11.1. The van der Waals surface area contributed by atoms with Crippen LogP contribution in [-0.4, -0.2) is 37.1 Å². The Bertz CT molecular complexity index is 350. The minimum Gasteiger partial charge on any atom is -0.383 e. The molecule has 0 aromatic heterocycles. The molecular weight excluding hydrogens is 202 g/mol. The van der Waals surface area contributed by atoms with Crippen molar-refractivity contribution < 1.29 is 9.53 Å². The molecule has 1 aliphatic rings. The predicted octanol–water partition coefficient (Wildman–Crippen LogP) is 1.94. The number of amides is 1. The Kier molecular flexibility index (Phi) is 3.57. The molecule has 0 aliphatic carbocycles. The first-order valence-electron chi connectivity index (χ1n) is 5.68. The van der Waals surface area contributed by atoms with Gasteiger partial charge in [-0.15, -0.1) is 0 Å². The molecule has 1 aliphatic heterocycles. The maximum atomic E-state index is 12.2. The highest BCUT2D eigenvalue weighted by atomic mass is 16.5. The van der Waals surface area contributed by atoms with Gasteiger partial charge >= 0.3 is 0 Å². The van der Waals surface area contributed by atoms with Gasteiger partial charge in [-0.2, -0.15) is 0 Å². The number of methoxy groups -OCH3 is 1. The van der Waals surface area contributed by atoms with Crippen LogP contribution >= 0.6 is 0 Å². The van der Waals surface area contributed by atoms with Crippen LogP contribution in [0.25, 0.3) is 0 Å². The molecule has 0 N–H and O–H groups in total. The quantitative estimate of drug-likeness (QED) is 0.777. The molecule has 2 rings (SSSR count). The molecule has 1 amide bonds. The number of carbonyl (C=O) groups excluding carboxylic acids is 1. The van der Waals surface area contributed by atoms with Crippen molar-refractivity contribution in [1.82, 2.24) is 4.90 Å². The highest BCUT2D eigenvalue weighted by Gasteiger charge is 2.28. The maximum Gasteiger partial charge on any atom is 0.254 e. The average molecular weight is 219 g/mol. The van der Waals surface area contributed by atoms with Gasteiger partial charge in [0.25, 0.3) is 5.91 Å². The second-order valence-corrected chi connectivity index (χ2v) is 4.12. The predicted molar refractivity (Wildman–Crippen MR) is 62.4 cm³/mol. The zero-order chi connectivity index (χ0) is 11.4. The van der Waals surface area contributed by atoms with Gasteiger partial charge in [-0.05, 0) is 25.0 Å². The molecule has 3 heteroatoms. The van der Waals surface area contributed by atoms with Gasteiger partial charge < -0.3 is 9.64 Å². The van der Waals surface area contributed by atoms with Gasteiger partial charge in [-0.3, -0.25) is 4.79 Å². The molecule has 3 nitrogen and oxygen atoms in total. The lowest BCUT2D eigenvalue weighted by atomic mass is 10.2. The number of nitrogens with zero attached hydrogens (tertiary/aromatic N) is 1. The lowest BCUT2D eigenvalue weighted by Crippen LogP contribution is -2.38. The molecule has 86 valence electrons. The minimum absolute atomic E-state index is 0.125. The molecule has 0 spiro atoms. The summed E-state index contributed by atoms with van der Waals surface area (Å²) in [6.07, 6.45) is 2.12. The SMILES string of the molecule is COCC1CCCN1C(=O)c1ccccc1. The van der Waals surface area contributed by atoms with Crippen molar-refractivity contribution in [3.05, 3.63) is 35.9 Å². The smallest absolute Gasteiger partial charge is 0.254 e. The molecular formula is C13H17NO2. The van der Waals surface area contributed by atoms with E-state index in [1.807, 2.05) is 35.2 Å². The van der Waals surface area contributed by atoms with Crippen LogP contribution in [-0.2, 0) is 4.74 Å². The second-order valence-electron chi connectivity index (χ2n) is 4.12. The molecule has 1 aromatic carbocycles. The van der Waals surface area contributed by atoms with Crippen molar-refractivity contribution in [2.75, 3.05) is 20.3 Å². The normalized spacial score (nSPS) is 20.1. The standard InChI is InChI=1S/C13H17NO2/c1-16-10-12-8-5-9-14(12)13(15)11-6-3-2-4-7-11/h2-4,6-7,12H,5,8-10H2,1H3. The van der Waals surface area contributed by atoms with Crippen molar-refractivity contribution in [2.45, 2.75) is 18.9 Å². The van der Waals surface area contributed by atoms with E-state index in [0.29, 0.717) is 6.61 Å². The second kappa shape index (κ2) is 5.12. The van der Waals surface area contributed by atoms with Crippen molar-refractivity contribution in [3.8, 4) is 0 Å². The minimum atomic E-state index is 0.125. The fraction of sp³-hybridized carbons (Fsp3) is 0.462. The highest BCUT2D eigenvalue weighted by Crippen LogP contribution is 2.20. The van der Waals surface area contributed by atoms with Gasteiger partial charge in [0.2, 0.25) is 0 Å². The van der Waals surface area contributed by atoms with E-state index in [1.165, 1.54) is 0 Å². The summed E-state index contributed by atoms with van der Waals surface area (Å²) < 4.78 is 5.15. The summed E-state index contributed by atoms with van der Waals surface area (Å²) in [7, 11) is 1.68. The van der Waals surface area contributed by atoms with Gasteiger partial charge in [-0.25, -0.2) is 0 Å². The van der Waals surface area contributed by atoms with Crippen LogP contribution in [0.3, 0.4) is 0 Å². The van der Waals surface area contributed by atoms with Gasteiger partial charge in [0.05, 0.1) is 12.6 Å². The van der Waals surface area contributed by atoms with Crippen LogP contribution in [0.5, 0.6) is 0 Å². The average Bonchev–Trinajstić information content (AvgIpc) is 2.78. The maximum absolute atomic E-state index is 12.2. The topological polar surface area (TPSA) is 29.5 Å². The Morgan fingerprint density at radius 3 is 2.88 bits per heavy atom. The Hall–Kier alpha value is -1.35. The Labute approximate surface area is 96.0 Å². The highest BCUT2D eigenvalue weighted by molar-refractivity contribution is 5.94. The zero-order valence-corrected chi connectivity index (χ0v) is 9.56. The molecule has 16 heavy (non-hydrogen) atoms. The molecule has 1 fully saturated rings. The molecule has 1 aromatic rings. The van der Waals surface area contributed by atoms with Crippen LogP contribution in [0.1, 0.15) is 23.2 Å². The third-order valence-corrected chi connectivity index (χ3v) is 3.02. The van der Waals surface area contributed by atoms with Crippen LogP contribution in [0.15, 0.2) is 30.3 Å². The van der Waals surface area contributed by atoms with Crippen molar-refractivity contribution in [3.63, 3.8) is 0 Å². The molecule has 0 bridgehead atoms. The van der Waals surface area contributed by atoms with E-state index in [0.717, 1.165) is 24.9 Å². The fourth-order valence-corrected chi connectivity index (χ4v) is 2.22. The van der Waals surface area contributed by atoms with E-state index in [1.54, 1.807) is 7.11 Å². The number of benzene rings is 1. The van der Waals surface area contributed by atoms with Crippen LogP contribution in [0, 0.1) is 0 Å². The van der Waals surface area contributed by atoms with Gasteiger partial charge in [0.15, 0.2) is 0 Å². The van der Waals surface area contributed by atoms with Gasteiger partial charge in [-0.1, -0.05) is 18.2 Å². The summed E-state index contributed by atoms with van der Waals surface area (Å²) in [5.41, 5.74) is 0.769. The number of rotatable bonds is 3. The van der Waals surface area contributed by atoms with Gasteiger partial charge in [0, 0.05) is 19.2 Å². The Morgan fingerprint density at radius 1 is 1.44 bits per heavy atom. The molecule has 1 heterocycles. The third-order valence-electron chi connectivity index (χ3n) is 3.02. The monoisotopic (exact) mass is 219 g/mol. The van der Waals surface area contributed by atoms with E-state index in [4.69, 9.17) is 4.74 Å². The van der Waals surface area contributed by atoms with Crippen LogP contribution in [0.4, 0.5) is 0 Å². The van der Waals surface area contributed by atoms with Crippen molar-refractivity contribution >= 4 is 5.91 Å². The lowest BCUT2D eigenvalue weighted by molar-refractivity contribution is 0.0630. The van der Waals surface area contributed by atoms with E-state index in [-0.39, 0.29) is 11.9 Å². The molecule has 0 saturated carbocycles. The summed E-state index contributed by atoms with van der Waals surface area (Å²) in [4.78, 5) is 14.1. The summed E-state index contributed by atoms with van der Waals surface area (Å²) in [5.74, 6) is 0.125. The first-order valence-corrected chi connectivity index (χ1v) is 5.68. The number of ether oxygens (including phenoxy) is 1. The number of hydrogen-bond acceptors (Lipinski definition) is 2. The van der Waals surface area contributed by atoms with Crippen LogP contribution < -0.4 is 0 Å². The Morgan fingerprint density at radius 2 is 2.19 bits per heavy atom. The van der Waals surface area contributed by atoms with Crippen molar-refractivity contribution in [1.29, 1.82) is 0 Å². The fourth-order valence-electron chi connectivity index (χ4n) is 2.22.